The van der Waals surface area contributed by atoms with Gasteiger partial charge in [-0.1, -0.05) is 6.07 Å². The van der Waals surface area contributed by atoms with Gasteiger partial charge < -0.3 is 24.2 Å². The highest BCUT2D eigenvalue weighted by atomic mass is 16.7. The lowest BCUT2D eigenvalue weighted by molar-refractivity contribution is -0.142. The van der Waals surface area contributed by atoms with Crippen molar-refractivity contribution in [3.63, 3.8) is 0 Å². The van der Waals surface area contributed by atoms with Crippen molar-refractivity contribution in [3.8, 4) is 11.5 Å². The fourth-order valence-electron chi connectivity index (χ4n) is 3.86. The van der Waals surface area contributed by atoms with Gasteiger partial charge in [-0.2, -0.15) is 0 Å². The summed E-state index contributed by atoms with van der Waals surface area (Å²) in [6.07, 6.45) is -0.00806. The second-order valence-electron chi connectivity index (χ2n) is 7.71. The Morgan fingerprint density at radius 3 is 2.14 bits per heavy atom. The summed E-state index contributed by atoms with van der Waals surface area (Å²) in [5.41, 5.74) is 1.18. The normalized spacial score (nSPS) is 20.5. The van der Waals surface area contributed by atoms with E-state index in [1.165, 1.54) is 5.56 Å². The molecule has 0 unspecified atom stereocenters. The molecule has 8 heteroatoms. The van der Waals surface area contributed by atoms with Gasteiger partial charge in [0.1, 0.15) is 6.42 Å². The molecular formula is C20H28N4O4. The average molecular weight is 388 g/mol. The molecule has 28 heavy (non-hydrogen) atoms. The number of rotatable bonds is 4. The highest BCUT2D eigenvalue weighted by Crippen LogP contribution is 2.32. The summed E-state index contributed by atoms with van der Waals surface area (Å²) < 4.78 is 10.8. The van der Waals surface area contributed by atoms with Crippen LogP contribution in [0.5, 0.6) is 11.5 Å². The topological polar surface area (TPSA) is 65.6 Å². The van der Waals surface area contributed by atoms with Crippen molar-refractivity contribution < 1.29 is 19.1 Å². The third kappa shape index (κ3) is 4.39. The van der Waals surface area contributed by atoms with Crippen LogP contribution in [-0.4, -0.2) is 97.6 Å². The van der Waals surface area contributed by atoms with Gasteiger partial charge in [0.25, 0.3) is 0 Å². The number of benzene rings is 1. The number of ether oxygens (including phenoxy) is 2. The first kappa shape index (κ1) is 19.0. The molecule has 3 heterocycles. The van der Waals surface area contributed by atoms with Crippen molar-refractivity contribution in [3.05, 3.63) is 23.8 Å². The van der Waals surface area contributed by atoms with Crippen molar-refractivity contribution in [2.24, 2.45) is 0 Å². The summed E-state index contributed by atoms with van der Waals surface area (Å²) in [5.74, 6) is 1.51. The minimum absolute atomic E-state index is 0.00806. The van der Waals surface area contributed by atoms with Crippen LogP contribution in [0.2, 0.25) is 0 Å². The van der Waals surface area contributed by atoms with Crippen molar-refractivity contribution in [2.45, 2.75) is 13.0 Å². The number of carbonyl (C=O) groups excluding carboxylic acids is 2. The zero-order valence-electron chi connectivity index (χ0n) is 16.4. The minimum atomic E-state index is -0.0494. The van der Waals surface area contributed by atoms with Crippen LogP contribution in [0.3, 0.4) is 0 Å². The SMILES string of the molecule is CN1CCN(C(=O)CC(=O)N2CCN(Cc3ccc4c(c3)OCO4)CC2)CC1. The maximum atomic E-state index is 12.5. The van der Waals surface area contributed by atoms with E-state index in [1.54, 1.807) is 0 Å². The first-order valence-corrected chi connectivity index (χ1v) is 9.93. The lowest BCUT2D eigenvalue weighted by Gasteiger charge is -2.36. The van der Waals surface area contributed by atoms with E-state index in [0.717, 1.165) is 44.2 Å². The quantitative estimate of drug-likeness (QED) is 0.688. The lowest BCUT2D eigenvalue weighted by Crippen LogP contribution is -2.51. The zero-order chi connectivity index (χ0) is 19.5. The third-order valence-electron chi connectivity index (χ3n) is 5.73. The first-order valence-electron chi connectivity index (χ1n) is 9.93. The molecule has 3 aliphatic heterocycles. The van der Waals surface area contributed by atoms with Crippen molar-refractivity contribution in [2.75, 3.05) is 66.2 Å². The average Bonchev–Trinajstić information content (AvgIpc) is 3.17. The first-order chi connectivity index (χ1) is 13.6. The van der Waals surface area contributed by atoms with Gasteiger partial charge in [0.15, 0.2) is 11.5 Å². The van der Waals surface area contributed by atoms with Crippen LogP contribution in [0.1, 0.15) is 12.0 Å². The molecule has 152 valence electrons. The maximum Gasteiger partial charge on any atom is 0.232 e. The molecule has 2 fully saturated rings. The zero-order valence-corrected chi connectivity index (χ0v) is 16.4. The van der Waals surface area contributed by atoms with Gasteiger partial charge >= 0.3 is 0 Å². The molecule has 0 atom stereocenters. The van der Waals surface area contributed by atoms with E-state index >= 15 is 0 Å². The van der Waals surface area contributed by atoms with E-state index in [9.17, 15) is 9.59 Å². The molecule has 2 amide bonds. The Hall–Kier alpha value is -2.32. The lowest BCUT2D eigenvalue weighted by atomic mass is 10.1. The smallest absolute Gasteiger partial charge is 0.232 e. The summed E-state index contributed by atoms with van der Waals surface area (Å²) in [4.78, 5) is 33.1. The molecule has 0 aliphatic carbocycles. The number of hydrogen-bond acceptors (Lipinski definition) is 6. The Labute approximate surface area is 165 Å². The number of likely N-dealkylation sites (N-methyl/N-ethyl adjacent to an activating group) is 1. The van der Waals surface area contributed by atoms with E-state index in [1.807, 2.05) is 21.9 Å². The molecule has 0 spiro atoms. The second-order valence-corrected chi connectivity index (χ2v) is 7.71. The van der Waals surface area contributed by atoms with Crippen LogP contribution < -0.4 is 9.47 Å². The Morgan fingerprint density at radius 2 is 1.46 bits per heavy atom. The standard InChI is InChI=1S/C20H28N4O4/c1-21-4-8-23(9-5-21)19(25)13-20(26)24-10-6-22(7-11-24)14-16-2-3-17-18(12-16)28-15-27-17/h2-3,12H,4-11,13-15H2,1H3. The Morgan fingerprint density at radius 1 is 0.857 bits per heavy atom. The fourth-order valence-corrected chi connectivity index (χ4v) is 3.86. The number of carbonyl (C=O) groups is 2. The van der Waals surface area contributed by atoms with Crippen LogP contribution in [0.4, 0.5) is 0 Å². The number of hydrogen-bond donors (Lipinski definition) is 0. The Bertz CT molecular complexity index is 725. The molecule has 8 nitrogen and oxygen atoms in total. The van der Waals surface area contributed by atoms with Gasteiger partial charge in [0.2, 0.25) is 18.6 Å². The number of amides is 2. The molecule has 1 aromatic rings. The van der Waals surface area contributed by atoms with Crippen molar-refractivity contribution >= 4 is 11.8 Å². The maximum absolute atomic E-state index is 12.5. The highest BCUT2D eigenvalue weighted by molar-refractivity contribution is 5.97. The van der Waals surface area contributed by atoms with Crippen LogP contribution >= 0.6 is 0 Å². The van der Waals surface area contributed by atoms with E-state index < -0.39 is 0 Å². The number of nitrogens with zero attached hydrogens (tertiary/aromatic N) is 4. The molecule has 0 aromatic heterocycles. The minimum Gasteiger partial charge on any atom is -0.454 e. The van der Waals surface area contributed by atoms with Gasteiger partial charge in [-0.05, 0) is 24.7 Å². The summed E-state index contributed by atoms with van der Waals surface area (Å²) >= 11 is 0. The molecule has 0 bridgehead atoms. The summed E-state index contributed by atoms with van der Waals surface area (Å²) in [6.45, 7) is 7.23. The molecule has 0 saturated carbocycles. The summed E-state index contributed by atoms with van der Waals surface area (Å²) in [5, 5.41) is 0. The predicted octanol–water partition coefficient (Wildman–Crippen LogP) is 0.224. The molecular weight excluding hydrogens is 360 g/mol. The Kier molecular flexibility index (Phi) is 5.68. The highest BCUT2D eigenvalue weighted by Gasteiger charge is 2.26. The molecule has 4 rings (SSSR count). The summed E-state index contributed by atoms with van der Waals surface area (Å²) in [6, 6.07) is 6.02. The molecule has 3 aliphatic rings. The van der Waals surface area contributed by atoms with Crippen molar-refractivity contribution in [1.29, 1.82) is 0 Å². The fraction of sp³-hybridized carbons (Fsp3) is 0.600. The van der Waals surface area contributed by atoms with Crippen LogP contribution in [0, 0.1) is 0 Å². The van der Waals surface area contributed by atoms with Gasteiger partial charge in [0, 0.05) is 58.9 Å². The van der Waals surface area contributed by atoms with Crippen molar-refractivity contribution in [1.82, 2.24) is 19.6 Å². The summed E-state index contributed by atoms with van der Waals surface area (Å²) in [7, 11) is 2.05. The predicted molar refractivity (Wildman–Crippen MR) is 103 cm³/mol. The van der Waals surface area contributed by atoms with E-state index in [-0.39, 0.29) is 25.0 Å². The largest absolute Gasteiger partial charge is 0.454 e. The third-order valence-corrected chi connectivity index (χ3v) is 5.73. The van der Waals surface area contributed by atoms with Gasteiger partial charge in [-0.25, -0.2) is 0 Å². The monoisotopic (exact) mass is 388 g/mol. The van der Waals surface area contributed by atoms with E-state index in [2.05, 4.69) is 22.9 Å². The van der Waals surface area contributed by atoms with Crippen LogP contribution in [-0.2, 0) is 16.1 Å². The van der Waals surface area contributed by atoms with Gasteiger partial charge in [0.05, 0.1) is 0 Å². The molecule has 1 aromatic carbocycles. The van der Waals surface area contributed by atoms with Crippen LogP contribution in [0.15, 0.2) is 18.2 Å². The van der Waals surface area contributed by atoms with E-state index in [0.29, 0.717) is 26.2 Å². The Balaban J connectivity index is 1.22. The molecule has 0 radical (unpaired) electrons. The number of piperazine rings is 2. The second kappa shape index (κ2) is 8.36. The molecule has 0 N–H and O–H groups in total. The number of fused-ring (bicyclic) bond motifs is 1. The van der Waals surface area contributed by atoms with E-state index in [4.69, 9.17) is 9.47 Å². The van der Waals surface area contributed by atoms with Crippen LogP contribution in [0.25, 0.3) is 0 Å². The van der Waals surface area contributed by atoms with Gasteiger partial charge in [-0.15, -0.1) is 0 Å². The molecule has 2 saturated heterocycles. The van der Waals surface area contributed by atoms with Gasteiger partial charge in [-0.3, -0.25) is 14.5 Å².